The largest absolute Gasteiger partial charge is 0.481 e. The summed E-state index contributed by atoms with van der Waals surface area (Å²) in [6, 6.07) is 0. The van der Waals surface area contributed by atoms with Gasteiger partial charge in [0.2, 0.25) is 0 Å². The number of aliphatic carboxylic acids is 1. The Morgan fingerprint density at radius 3 is 2.72 bits per heavy atom. The quantitative estimate of drug-likeness (QED) is 0.687. The van der Waals surface area contributed by atoms with Gasteiger partial charge in [-0.05, 0) is 19.3 Å². The van der Waals surface area contributed by atoms with Crippen LogP contribution in [0.5, 0.6) is 0 Å². The summed E-state index contributed by atoms with van der Waals surface area (Å²) < 4.78 is 4.52. The standard InChI is InChI=1S/C14H24N2O2/c1-3-5-7-13-15(9-4-2)11-12-16(13)10-6-8-14(17)18/h11-12H,3-10H2,1-2H3/p+1. The molecule has 1 heterocycles. The molecular weight excluding hydrogens is 228 g/mol. The van der Waals surface area contributed by atoms with Crippen LogP contribution in [0.15, 0.2) is 12.4 Å². The zero-order valence-electron chi connectivity index (χ0n) is 11.6. The van der Waals surface area contributed by atoms with E-state index in [0.29, 0.717) is 6.42 Å². The van der Waals surface area contributed by atoms with Crippen molar-refractivity contribution in [1.29, 1.82) is 0 Å². The van der Waals surface area contributed by atoms with Crippen LogP contribution in [0, 0.1) is 0 Å². The fraction of sp³-hybridized carbons (Fsp3) is 0.714. The third kappa shape index (κ3) is 4.51. The van der Waals surface area contributed by atoms with Gasteiger partial charge in [0.1, 0.15) is 12.4 Å². The Bertz CT molecular complexity index is 372. The lowest BCUT2D eigenvalue weighted by atomic mass is 10.2. The SMILES string of the molecule is CCCCc1n(CCCC(=O)O)cc[n+]1CCC. The number of unbranched alkanes of at least 4 members (excludes halogenated alkanes) is 1. The van der Waals surface area contributed by atoms with Crippen molar-refractivity contribution in [3.8, 4) is 0 Å². The summed E-state index contributed by atoms with van der Waals surface area (Å²) in [5, 5.41) is 8.68. The minimum atomic E-state index is -0.710. The van der Waals surface area contributed by atoms with E-state index in [2.05, 4.69) is 35.4 Å². The van der Waals surface area contributed by atoms with Crippen LogP contribution in [-0.2, 0) is 24.3 Å². The molecule has 1 aromatic heterocycles. The predicted molar refractivity (Wildman–Crippen MR) is 70.4 cm³/mol. The third-order valence-corrected chi connectivity index (χ3v) is 3.10. The van der Waals surface area contributed by atoms with Crippen molar-refractivity contribution in [3.63, 3.8) is 0 Å². The lowest BCUT2D eigenvalue weighted by molar-refractivity contribution is -0.703. The molecule has 4 nitrogen and oxygen atoms in total. The van der Waals surface area contributed by atoms with Crippen molar-refractivity contribution < 1.29 is 14.5 Å². The lowest BCUT2D eigenvalue weighted by Gasteiger charge is -2.03. The minimum Gasteiger partial charge on any atom is -0.481 e. The summed E-state index contributed by atoms with van der Waals surface area (Å²) in [6.07, 6.45) is 9.74. The Kier molecular flexibility index (Phi) is 6.47. The predicted octanol–water partition coefficient (Wildman–Crippen LogP) is 2.39. The van der Waals surface area contributed by atoms with Gasteiger partial charge in [0, 0.05) is 12.8 Å². The molecule has 0 amide bonds. The monoisotopic (exact) mass is 253 g/mol. The molecule has 0 aliphatic rings. The summed E-state index contributed by atoms with van der Waals surface area (Å²) in [6.45, 7) is 6.23. The molecule has 0 saturated carbocycles. The first-order chi connectivity index (χ1) is 8.69. The van der Waals surface area contributed by atoms with Crippen molar-refractivity contribution in [3.05, 3.63) is 18.2 Å². The van der Waals surface area contributed by atoms with Crippen molar-refractivity contribution >= 4 is 5.97 Å². The van der Waals surface area contributed by atoms with E-state index in [0.717, 1.165) is 25.9 Å². The number of carbonyl (C=O) groups is 1. The molecule has 0 spiro atoms. The van der Waals surface area contributed by atoms with Crippen molar-refractivity contribution in [2.45, 2.75) is 65.5 Å². The maximum absolute atomic E-state index is 10.5. The van der Waals surface area contributed by atoms with Crippen LogP contribution in [0.2, 0.25) is 0 Å². The zero-order valence-corrected chi connectivity index (χ0v) is 11.6. The van der Waals surface area contributed by atoms with Crippen LogP contribution < -0.4 is 4.57 Å². The summed E-state index contributed by atoms with van der Waals surface area (Å²) in [7, 11) is 0. The highest BCUT2D eigenvalue weighted by molar-refractivity contribution is 5.66. The number of nitrogens with zero attached hydrogens (tertiary/aromatic N) is 2. The second-order valence-corrected chi connectivity index (χ2v) is 4.70. The van der Waals surface area contributed by atoms with Gasteiger partial charge in [-0.3, -0.25) is 4.79 Å². The van der Waals surface area contributed by atoms with Crippen LogP contribution in [0.3, 0.4) is 0 Å². The first-order valence-corrected chi connectivity index (χ1v) is 6.98. The number of aromatic nitrogens is 2. The van der Waals surface area contributed by atoms with E-state index in [9.17, 15) is 4.79 Å². The summed E-state index contributed by atoms with van der Waals surface area (Å²) in [5.41, 5.74) is 0. The van der Waals surface area contributed by atoms with Gasteiger partial charge in [-0.1, -0.05) is 20.3 Å². The number of imidazole rings is 1. The average Bonchev–Trinajstić information content (AvgIpc) is 2.69. The maximum atomic E-state index is 10.5. The molecule has 18 heavy (non-hydrogen) atoms. The molecule has 0 aliphatic carbocycles. The number of rotatable bonds is 9. The zero-order chi connectivity index (χ0) is 13.4. The Morgan fingerprint density at radius 1 is 1.33 bits per heavy atom. The van der Waals surface area contributed by atoms with Crippen LogP contribution in [0.25, 0.3) is 0 Å². The van der Waals surface area contributed by atoms with E-state index in [1.165, 1.54) is 18.7 Å². The van der Waals surface area contributed by atoms with Crippen LogP contribution >= 0.6 is 0 Å². The molecule has 0 aliphatic heterocycles. The average molecular weight is 253 g/mol. The van der Waals surface area contributed by atoms with Gasteiger partial charge in [0.05, 0.1) is 13.1 Å². The molecule has 0 bridgehead atoms. The van der Waals surface area contributed by atoms with Gasteiger partial charge in [-0.25, -0.2) is 9.13 Å². The molecule has 1 rings (SSSR count). The number of hydrogen-bond acceptors (Lipinski definition) is 1. The van der Waals surface area contributed by atoms with Gasteiger partial charge in [0.25, 0.3) is 5.82 Å². The van der Waals surface area contributed by atoms with E-state index in [1.54, 1.807) is 0 Å². The van der Waals surface area contributed by atoms with Gasteiger partial charge < -0.3 is 5.11 Å². The summed E-state index contributed by atoms with van der Waals surface area (Å²) in [5.74, 6) is 0.628. The topological polar surface area (TPSA) is 46.1 Å². The van der Waals surface area contributed by atoms with E-state index in [-0.39, 0.29) is 6.42 Å². The fourth-order valence-corrected chi connectivity index (χ4v) is 2.17. The molecule has 1 N–H and O–H groups in total. The normalized spacial score (nSPS) is 10.8. The van der Waals surface area contributed by atoms with Crippen LogP contribution in [-0.4, -0.2) is 15.6 Å². The number of carboxylic acids is 1. The van der Waals surface area contributed by atoms with Crippen LogP contribution in [0.4, 0.5) is 0 Å². The first-order valence-electron chi connectivity index (χ1n) is 6.98. The number of aryl methyl sites for hydroxylation is 2. The van der Waals surface area contributed by atoms with E-state index >= 15 is 0 Å². The molecule has 1 aromatic rings. The molecular formula is C14H25N2O2+. The van der Waals surface area contributed by atoms with Crippen molar-refractivity contribution in [1.82, 2.24) is 4.57 Å². The molecule has 0 atom stereocenters. The number of carboxylic acid groups (broad SMARTS) is 1. The van der Waals surface area contributed by atoms with Gasteiger partial charge in [0.15, 0.2) is 0 Å². The Hall–Kier alpha value is -1.32. The third-order valence-electron chi connectivity index (χ3n) is 3.10. The van der Waals surface area contributed by atoms with E-state index in [1.807, 2.05) is 0 Å². The van der Waals surface area contributed by atoms with Gasteiger partial charge in [-0.2, -0.15) is 0 Å². The molecule has 0 radical (unpaired) electrons. The van der Waals surface area contributed by atoms with Crippen LogP contribution in [0.1, 0.15) is 51.8 Å². The Morgan fingerprint density at radius 2 is 2.11 bits per heavy atom. The molecule has 102 valence electrons. The summed E-state index contributed by atoms with van der Waals surface area (Å²) in [4.78, 5) is 10.5. The maximum Gasteiger partial charge on any atom is 0.303 e. The highest BCUT2D eigenvalue weighted by atomic mass is 16.4. The molecule has 0 saturated heterocycles. The molecule has 0 fully saturated rings. The molecule has 4 heteroatoms. The smallest absolute Gasteiger partial charge is 0.303 e. The second kappa shape index (κ2) is 7.90. The molecule has 0 unspecified atom stereocenters. The van der Waals surface area contributed by atoms with Gasteiger partial charge >= 0.3 is 5.97 Å². The van der Waals surface area contributed by atoms with Crippen molar-refractivity contribution in [2.24, 2.45) is 0 Å². The second-order valence-electron chi connectivity index (χ2n) is 4.70. The highest BCUT2D eigenvalue weighted by Crippen LogP contribution is 2.05. The fourth-order valence-electron chi connectivity index (χ4n) is 2.17. The Labute approximate surface area is 109 Å². The summed E-state index contributed by atoms with van der Waals surface area (Å²) >= 11 is 0. The van der Waals surface area contributed by atoms with E-state index in [4.69, 9.17) is 5.11 Å². The van der Waals surface area contributed by atoms with E-state index < -0.39 is 5.97 Å². The van der Waals surface area contributed by atoms with Crippen molar-refractivity contribution in [2.75, 3.05) is 0 Å². The number of hydrogen-bond donors (Lipinski definition) is 1. The Balaban J connectivity index is 2.66. The lowest BCUT2D eigenvalue weighted by Crippen LogP contribution is -2.37. The highest BCUT2D eigenvalue weighted by Gasteiger charge is 2.15. The van der Waals surface area contributed by atoms with Gasteiger partial charge in [-0.15, -0.1) is 0 Å². The minimum absolute atomic E-state index is 0.249. The molecule has 0 aromatic carbocycles. The first kappa shape index (κ1) is 14.7.